The van der Waals surface area contributed by atoms with Gasteiger partial charge in [0.25, 0.3) is 0 Å². The van der Waals surface area contributed by atoms with Crippen LogP contribution in [0.2, 0.25) is 0 Å². The van der Waals surface area contributed by atoms with Crippen molar-refractivity contribution in [3.05, 3.63) is 194 Å². The summed E-state index contributed by atoms with van der Waals surface area (Å²) >= 11 is 0. The minimum atomic E-state index is 1.30. The number of rotatable bonds is 0. The van der Waals surface area contributed by atoms with Crippen LogP contribution in [0.3, 0.4) is 0 Å². The molecule has 12 aromatic rings. The van der Waals surface area contributed by atoms with E-state index in [0.717, 1.165) is 0 Å². The molecule has 0 fully saturated rings. The van der Waals surface area contributed by atoms with Gasteiger partial charge in [-0.15, -0.1) is 0 Å². The van der Waals surface area contributed by atoms with Crippen molar-refractivity contribution in [3.8, 4) is 0 Å². The molecule has 0 saturated carbocycles. The highest BCUT2D eigenvalue weighted by molar-refractivity contribution is 6.10. The standard InChI is InChI=1S/4C13H11N.C2H6/c4*1-14-12-8-4-2-6-10(12)11-7-3-5-9-13(11)14;1-2/h4*2-9H,1H3;1-2H3. The summed E-state index contributed by atoms with van der Waals surface area (Å²) in [6, 6.07) is 68.1. The first kappa shape index (κ1) is 37.9. The normalized spacial score (nSPS) is 10.9. The molecule has 0 spiro atoms. The monoisotopic (exact) mass is 754 g/mol. The maximum absolute atomic E-state index is 2.24. The molecule has 0 amide bonds. The van der Waals surface area contributed by atoms with Gasteiger partial charge >= 0.3 is 0 Å². The summed E-state index contributed by atoms with van der Waals surface area (Å²) in [6.07, 6.45) is 0. The van der Waals surface area contributed by atoms with Crippen LogP contribution < -0.4 is 0 Å². The predicted molar refractivity (Wildman–Crippen MR) is 253 cm³/mol. The lowest BCUT2D eigenvalue weighted by Crippen LogP contribution is -1.84. The summed E-state index contributed by atoms with van der Waals surface area (Å²) in [7, 11) is 8.46. The molecule has 4 nitrogen and oxygen atoms in total. The summed E-state index contributed by atoms with van der Waals surface area (Å²) in [4.78, 5) is 0. The van der Waals surface area contributed by atoms with E-state index < -0.39 is 0 Å². The quantitative estimate of drug-likeness (QED) is 0.147. The molecule has 8 aromatic carbocycles. The van der Waals surface area contributed by atoms with Gasteiger partial charge < -0.3 is 18.3 Å². The SMILES string of the molecule is CC.Cn1c2ccccc2c2ccccc21.Cn1c2ccccc2c2ccccc21.Cn1c2ccccc2c2ccccc21.Cn1c2ccccc2c2ccccc21. The average molecular weight is 755 g/mol. The lowest BCUT2D eigenvalue weighted by Gasteiger charge is -1.95. The second kappa shape index (κ2) is 16.6. The Morgan fingerprint density at radius 1 is 0.190 bits per heavy atom. The summed E-state index contributed by atoms with van der Waals surface area (Å²) in [5.41, 5.74) is 10.4. The molecular weight excluding hydrogens is 705 g/mol. The Kier molecular flexibility index (Phi) is 10.8. The van der Waals surface area contributed by atoms with Crippen molar-refractivity contribution in [1.29, 1.82) is 0 Å². The lowest BCUT2D eigenvalue weighted by atomic mass is 10.2. The Labute approximate surface area is 340 Å². The van der Waals surface area contributed by atoms with Crippen LogP contribution in [0, 0.1) is 0 Å². The van der Waals surface area contributed by atoms with E-state index >= 15 is 0 Å². The van der Waals surface area contributed by atoms with Crippen molar-refractivity contribution in [2.75, 3.05) is 0 Å². The molecule has 0 radical (unpaired) electrons. The smallest absolute Gasteiger partial charge is 0.0488 e. The summed E-state index contributed by atoms with van der Waals surface area (Å²) in [6.45, 7) is 4.00. The number of hydrogen-bond donors (Lipinski definition) is 0. The second-order valence-electron chi connectivity index (χ2n) is 14.4. The fourth-order valence-electron chi connectivity index (χ4n) is 8.47. The van der Waals surface area contributed by atoms with Crippen molar-refractivity contribution >= 4 is 87.2 Å². The van der Waals surface area contributed by atoms with Gasteiger partial charge in [0.1, 0.15) is 0 Å². The van der Waals surface area contributed by atoms with E-state index in [4.69, 9.17) is 0 Å². The van der Waals surface area contributed by atoms with E-state index in [1.807, 2.05) is 13.8 Å². The second-order valence-corrected chi connectivity index (χ2v) is 14.4. The fraction of sp³-hybridized carbons (Fsp3) is 0.111. The largest absolute Gasteiger partial charge is 0.344 e. The zero-order valence-electron chi connectivity index (χ0n) is 34.3. The van der Waals surface area contributed by atoms with Crippen molar-refractivity contribution in [2.45, 2.75) is 13.8 Å². The molecule has 0 N–H and O–H groups in total. The van der Waals surface area contributed by atoms with Gasteiger partial charge in [-0.1, -0.05) is 159 Å². The van der Waals surface area contributed by atoms with Gasteiger partial charge in [-0.2, -0.15) is 0 Å². The van der Waals surface area contributed by atoms with Crippen LogP contribution in [0.25, 0.3) is 87.2 Å². The van der Waals surface area contributed by atoms with E-state index in [9.17, 15) is 0 Å². The molecule has 0 aliphatic rings. The molecule has 0 aliphatic heterocycles. The molecule has 0 unspecified atom stereocenters. The molecule has 4 aromatic heterocycles. The maximum atomic E-state index is 2.24. The molecule has 0 aliphatic carbocycles. The number of hydrogen-bond acceptors (Lipinski definition) is 0. The first-order valence-electron chi connectivity index (χ1n) is 20.2. The first-order chi connectivity index (χ1) is 28.5. The molecule has 4 heteroatoms. The number of fused-ring (bicyclic) bond motifs is 12. The van der Waals surface area contributed by atoms with Crippen LogP contribution in [0.5, 0.6) is 0 Å². The van der Waals surface area contributed by atoms with E-state index in [1.165, 1.54) is 87.2 Å². The number of benzene rings is 8. The summed E-state index contributed by atoms with van der Waals surface area (Å²) in [5.74, 6) is 0. The van der Waals surface area contributed by atoms with Crippen LogP contribution in [0.15, 0.2) is 194 Å². The van der Waals surface area contributed by atoms with E-state index in [1.54, 1.807) is 0 Å². The Morgan fingerprint density at radius 2 is 0.293 bits per heavy atom. The van der Waals surface area contributed by atoms with Gasteiger partial charge in [-0.25, -0.2) is 0 Å². The average Bonchev–Trinajstić information content (AvgIpc) is 3.98. The zero-order valence-corrected chi connectivity index (χ0v) is 34.3. The Bertz CT molecular complexity index is 2650. The van der Waals surface area contributed by atoms with Crippen molar-refractivity contribution in [2.24, 2.45) is 28.2 Å². The van der Waals surface area contributed by atoms with Gasteiger partial charge in [0, 0.05) is 115 Å². The van der Waals surface area contributed by atoms with E-state index in [-0.39, 0.29) is 0 Å². The van der Waals surface area contributed by atoms with Crippen molar-refractivity contribution in [1.82, 2.24) is 18.3 Å². The topological polar surface area (TPSA) is 19.7 Å². The first-order valence-corrected chi connectivity index (χ1v) is 20.2. The van der Waals surface area contributed by atoms with Gasteiger partial charge in [0.15, 0.2) is 0 Å². The Hall–Kier alpha value is -7.04. The van der Waals surface area contributed by atoms with Gasteiger partial charge in [-0.3, -0.25) is 0 Å². The number of aromatic nitrogens is 4. The minimum absolute atomic E-state index is 1.30. The lowest BCUT2D eigenvalue weighted by molar-refractivity contribution is 1.01. The molecule has 0 atom stereocenters. The number of aryl methyl sites for hydroxylation is 4. The highest BCUT2D eigenvalue weighted by Crippen LogP contribution is 2.30. The van der Waals surface area contributed by atoms with Crippen molar-refractivity contribution in [3.63, 3.8) is 0 Å². The van der Waals surface area contributed by atoms with Gasteiger partial charge in [0.05, 0.1) is 0 Å². The number of nitrogens with zero attached hydrogens (tertiary/aromatic N) is 4. The molecular formula is C54H50N4. The molecule has 0 saturated heterocycles. The van der Waals surface area contributed by atoms with Crippen molar-refractivity contribution < 1.29 is 0 Å². The third-order valence-corrected chi connectivity index (χ3v) is 11.3. The minimum Gasteiger partial charge on any atom is -0.344 e. The van der Waals surface area contributed by atoms with E-state index in [0.29, 0.717) is 0 Å². The zero-order chi connectivity index (χ0) is 40.2. The van der Waals surface area contributed by atoms with Crippen LogP contribution >= 0.6 is 0 Å². The molecule has 286 valence electrons. The Balaban J connectivity index is 0.000000106. The Morgan fingerprint density at radius 3 is 0.414 bits per heavy atom. The molecule has 4 heterocycles. The van der Waals surface area contributed by atoms with Crippen LogP contribution in [0.1, 0.15) is 13.8 Å². The molecule has 0 bridgehead atoms. The molecule has 58 heavy (non-hydrogen) atoms. The van der Waals surface area contributed by atoms with E-state index in [2.05, 4.69) is 241 Å². The van der Waals surface area contributed by atoms with Crippen LogP contribution in [-0.4, -0.2) is 18.3 Å². The third kappa shape index (κ3) is 6.77. The number of para-hydroxylation sites is 8. The highest BCUT2D eigenvalue weighted by Gasteiger charge is 2.08. The summed E-state index contributed by atoms with van der Waals surface area (Å²) < 4.78 is 8.96. The maximum Gasteiger partial charge on any atom is 0.0488 e. The fourth-order valence-corrected chi connectivity index (χ4v) is 8.47. The van der Waals surface area contributed by atoms with Crippen LogP contribution in [-0.2, 0) is 28.2 Å². The summed E-state index contributed by atoms with van der Waals surface area (Å²) in [5, 5.41) is 10.7. The van der Waals surface area contributed by atoms with Crippen LogP contribution in [0.4, 0.5) is 0 Å². The predicted octanol–water partition coefficient (Wildman–Crippen LogP) is 14.4. The molecule has 12 rings (SSSR count). The third-order valence-electron chi connectivity index (χ3n) is 11.3. The van der Waals surface area contributed by atoms with Gasteiger partial charge in [0.2, 0.25) is 0 Å². The van der Waals surface area contributed by atoms with Gasteiger partial charge in [-0.05, 0) is 48.5 Å². The highest BCUT2D eigenvalue weighted by atomic mass is 14.9.